The van der Waals surface area contributed by atoms with E-state index in [1.54, 1.807) is 6.92 Å². The second-order valence-electron chi connectivity index (χ2n) is 5.40. The van der Waals surface area contributed by atoms with Crippen LogP contribution in [0, 0.1) is 22.2 Å². The molecule has 3 atom stereocenters. The zero-order valence-corrected chi connectivity index (χ0v) is 10.4. The smallest absolute Gasteiger partial charge is 0.240 e. The third-order valence-electron chi connectivity index (χ3n) is 3.98. The summed E-state index contributed by atoms with van der Waals surface area (Å²) in [7, 11) is 0. The summed E-state index contributed by atoms with van der Waals surface area (Å²) in [5, 5.41) is 21.4. The fraction of sp³-hybridized carbons (Fsp3) is 0.833. The zero-order valence-electron chi connectivity index (χ0n) is 10.4. The Morgan fingerprint density at radius 3 is 2.56 bits per heavy atom. The Hall–Kier alpha value is -1.08. The van der Waals surface area contributed by atoms with Crippen molar-refractivity contribution >= 4 is 5.91 Å². The molecular formula is C12H20N2O2. The monoisotopic (exact) mass is 224 g/mol. The van der Waals surface area contributed by atoms with Crippen LogP contribution in [0.1, 0.15) is 40.5 Å². The van der Waals surface area contributed by atoms with Crippen molar-refractivity contribution in [3.05, 3.63) is 0 Å². The number of nitrogens with one attached hydrogen (secondary N) is 1. The minimum atomic E-state index is -0.962. The number of hydrogen-bond donors (Lipinski definition) is 2. The lowest BCUT2D eigenvalue weighted by Gasteiger charge is -2.49. The summed E-state index contributed by atoms with van der Waals surface area (Å²) in [6, 6.07) is 2.01. The molecule has 4 nitrogen and oxygen atoms in total. The van der Waals surface area contributed by atoms with Crippen LogP contribution in [0.4, 0.5) is 0 Å². The van der Waals surface area contributed by atoms with Crippen molar-refractivity contribution in [1.29, 1.82) is 5.26 Å². The second-order valence-corrected chi connectivity index (χ2v) is 5.40. The van der Waals surface area contributed by atoms with Crippen LogP contribution < -0.4 is 5.32 Å². The standard InChI is InChI=1S/C12H20N2O2/c1-5-12(4,7-13)10(16)14-8-6-9(15)11(8,2)3/h8-9,15H,5-6H2,1-4H3,(H,14,16). The first kappa shape index (κ1) is 13.0. The van der Waals surface area contributed by atoms with Crippen molar-refractivity contribution in [2.45, 2.75) is 52.7 Å². The number of carbonyl (C=O) groups excluding carboxylic acids is 1. The van der Waals surface area contributed by atoms with Crippen LogP contribution in [0.25, 0.3) is 0 Å². The number of nitrogens with zero attached hydrogens (tertiary/aromatic N) is 1. The third kappa shape index (κ3) is 1.92. The molecule has 3 unspecified atom stereocenters. The van der Waals surface area contributed by atoms with Gasteiger partial charge in [0.05, 0.1) is 12.2 Å². The van der Waals surface area contributed by atoms with Crippen LogP contribution in [0.5, 0.6) is 0 Å². The highest BCUT2D eigenvalue weighted by atomic mass is 16.3. The van der Waals surface area contributed by atoms with Crippen LogP contribution in [-0.2, 0) is 4.79 Å². The van der Waals surface area contributed by atoms with E-state index < -0.39 is 5.41 Å². The molecule has 0 aromatic rings. The molecule has 0 radical (unpaired) electrons. The van der Waals surface area contributed by atoms with E-state index in [1.165, 1.54) is 0 Å². The molecule has 0 aromatic heterocycles. The first-order chi connectivity index (χ1) is 7.28. The van der Waals surface area contributed by atoms with Gasteiger partial charge >= 0.3 is 0 Å². The van der Waals surface area contributed by atoms with Crippen molar-refractivity contribution in [1.82, 2.24) is 5.32 Å². The number of aliphatic hydroxyl groups is 1. The van der Waals surface area contributed by atoms with Gasteiger partial charge in [-0.2, -0.15) is 5.26 Å². The summed E-state index contributed by atoms with van der Waals surface area (Å²) < 4.78 is 0. The normalized spacial score (nSPS) is 30.8. The molecule has 4 heteroatoms. The number of aliphatic hydroxyl groups excluding tert-OH is 1. The summed E-state index contributed by atoms with van der Waals surface area (Å²) in [4.78, 5) is 11.9. The van der Waals surface area contributed by atoms with E-state index in [2.05, 4.69) is 5.32 Å². The fourth-order valence-corrected chi connectivity index (χ4v) is 1.76. The maximum Gasteiger partial charge on any atom is 0.240 e. The lowest BCUT2D eigenvalue weighted by molar-refractivity contribution is -0.135. The summed E-state index contributed by atoms with van der Waals surface area (Å²) in [6.45, 7) is 7.30. The van der Waals surface area contributed by atoms with Crippen LogP contribution >= 0.6 is 0 Å². The molecule has 0 bridgehead atoms. The molecule has 0 aromatic carbocycles. The van der Waals surface area contributed by atoms with E-state index >= 15 is 0 Å². The molecule has 0 spiro atoms. The topological polar surface area (TPSA) is 73.1 Å². The average molecular weight is 224 g/mol. The van der Waals surface area contributed by atoms with Crippen molar-refractivity contribution in [3.63, 3.8) is 0 Å². The van der Waals surface area contributed by atoms with E-state index in [9.17, 15) is 9.90 Å². The van der Waals surface area contributed by atoms with Crippen LogP contribution in [0.2, 0.25) is 0 Å². The number of amides is 1. The highest BCUT2D eigenvalue weighted by Gasteiger charge is 2.49. The minimum absolute atomic E-state index is 0.0331. The lowest BCUT2D eigenvalue weighted by atomic mass is 9.64. The summed E-state index contributed by atoms with van der Waals surface area (Å²) in [5.74, 6) is -0.234. The van der Waals surface area contributed by atoms with Gasteiger partial charge in [-0.25, -0.2) is 0 Å². The van der Waals surface area contributed by atoms with Gasteiger partial charge in [0.25, 0.3) is 0 Å². The Bertz CT molecular complexity index is 332. The van der Waals surface area contributed by atoms with Gasteiger partial charge in [0.2, 0.25) is 5.91 Å². The van der Waals surface area contributed by atoms with Crippen molar-refractivity contribution < 1.29 is 9.90 Å². The number of hydrogen-bond acceptors (Lipinski definition) is 3. The highest BCUT2D eigenvalue weighted by Crippen LogP contribution is 2.40. The quantitative estimate of drug-likeness (QED) is 0.756. The van der Waals surface area contributed by atoms with Crippen molar-refractivity contribution in [2.24, 2.45) is 10.8 Å². The Labute approximate surface area is 96.6 Å². The van der Waals surface area contributed by atoms with Gasteiger partial charge in [0, 0.05) is 11.5 Å². The van der Waals surface area contributed by atoms with E-state index in [0.29, 0.717) is 12.8 Å². The SMILES string of the molecule is CCC(C)(C#N)C(=O)NC1CC(O)C1(C)C. The summed E-state index contributed by atoms with van der Waals surface area (Å²) in [6.07, 6.45) is 0.697. The van der Waals surface area contributed by atoms with Crippen LogP contribution in [-0.4, -0.2) is 23.2 Å². The van der Waals surface area contributed by atoms with Gasteiger partial charge in [-0.1, -0.05) is 20.8 Å². The number of rotatable bonds is 3. The molecule has 1 rings (SSSR count). The Morgan fingerprint density at radius 2 is 2.25 bits per heavy atom. The molecule has 2 N–H and O–H groups in total. The fourth-order valence-electron chi connectivity index (χ4n) is 1.76. The van der Waals surface area contributed by atoms with E-state index in [1.807, 2.05) is 26.8 Å². The molecule has 1 aliphatic carbocycles. The maximum atomic E-state index is 11.9. The third-order valence-corrected chi connectivity index (χ3v) is 3.98. The molecule has 0 aliphatic heterocycles. The minimum Gasteiger partial charge on any atom is -0.392 e. The molecule has 1 aliphatic rings. The molecule has 1 saturated carbocycles. The second kappa shape index (κ2) is 4.06. The predicted molar refractivity (Wildman–Crippen MR) is 60.3 cm³/mol. The van der Waals surface area contributed by atoms with Crippen LogP contribution in [0.15, 0.2) is 0 Å². The largest absolute Gasteiger partial charge is 0.392 e. The maximum absolute atomic E-state index is 11.9. The molecular weight excluding hydrogens is 204 g/mol. The van der Waals surface area contributed by atoms with E-state index in [4.69, 9.17) is 5.26 Å². The number of nitriles is 1. The first-order valence-corrected chi connectivity index (χ1v) is 5.68. The Morgan fingerprint density at radius 1 is 1.69 bits per heavy atom. The van der Waals surface area contributed by atoms with E-state index in [-0.39, 0.29) is 23.5 Å². The predicted octanol–water partition coefficient (Wildman–Crippen LogP) is 1.20. The van der Waals surface area contributed by atoms with Crippen molar-refractivity contribution in [3.8, 4) is 6.07 Å². The molecule has 16 heavy (non-hydrogen) atoms. The molecule has 0 saturated heterocycles. The van der Waals surface area contributed by atoms with E-state index in [0.717, 1.165) is 0 Å². The van der Waals surface area contributed by atoms with Crippen molar-refractivity contribution in [2.75, 3.05) is 0 Å². The molecule has 1 amide bonds. The van der Waals surface area contributed by atoms with Gasteiger partial charge < -0.3 is 10.4 Å². The van der Waals surface area contributed by atoms with Crippen LogP contribution in [0.3, 0.4) is 0 Å². The summed E-state index contributed by atoms with van der Waals surface area (Å²) in [5.41, 5.74) is -1.25. The van der Waals surface area contributed by atoms with Gasteiger partial charge in [-0.3, -0.25) is 4.79 Å². The molecule has 1 fully saturated rings. The highest BCUT2D eigenvalue weighted by molar-refractivity contribution is 5.85. The summed E-state index contributed by atoms with van der Waals surface area (Å²) >= 11 is 0. The number of carbonyl (C=O) groups is 1. The molecule has 0 heterocycles. The lowest BCUT2D eigenvalue weighted by Crippen LogP contribution is -2.62. The Balaban J connectivity index is 2.64. The Kier molecular flexibility index (Phi) is 3.30. The van der Waals surface area contributed by atoms with Gasteiger partial charge in [-0.05, 0) is 19.8 Å². The molecule has 90 valence electrons. The van der Waals surface area contributed by atoms with Gasteiger partial charge in [0.1, 0.15) is 5.41 Å². The zero-order chi connectivity index (χ0) is 12.6. The van der Waals surface area contributed by atoms with Gasteiger partial charge in [0.15, 0.2) is 0 Å². The first-order valence-electron chi connectivity index (χ1n) is 5.68. The average Bonchev–Trinajstić information content (AvgIpc) is 2.27. The van der Waals surface area contributed by atoms with Gasteiger partial charge in [-0.15, -0.1) is 0 Å².